The first kappa shape index (κ1) is 14.2. The second kappa shape index (κ2) is 5.63. The zero-order chi connectivity index (χ0) is 13.8. The third kappa shape index (κ3) is 3.84. The predicted molar refractivity (Wildman–Crippen MR) is 67.5 cm³/mol. The molecule has 0 saturated carbocycles. The van der Waals surface area contributed by atoms with E-state index in [-0.39, 0.29) is 23.8 Å². The molecule has 0 aliphatic carbocycles. The van der Waals surface area contributed by atoms with Crippen LogP contribution in [0.5, 0.6) is 0 Å². The van der Waals surface area contributed by atoms with Gasteiger partial charge in [-0.3, -0.25) is 0 Å². The Balaban J connectivity index is 2.95. The molecule has 100 valence electrons. The molecular weight excluding hydrogens is 258 g/mol. The van der Waals surface area contributed by atoms with Gasteiger partial charge in [-0.2, -0.15) is 0 Å². The molecule has 0 spiro atoms. The molecular formula is C9H15N5O3S. The summed E-state index contributed by atoms with van der Waals surface area (Å²) in [4.78, 5) is 9.58. The van der Waals surface area contributed by atoms with Gasteiger partial charge in [0.15, 0.2) is 17.3 Å². The largest absolute Gasteiger partial charge is 0.409 e. The highest BCUT2D eigenvalue weighted by Gasteiger charge is 2.15. The summed E-state index contributed by atoms with van der Waals surface area (Å²) in [6.45, 7) is 0.239. The zero-order valence-corrected chi connectivity index (χ0v) is 10.9. The number of hydrogen-bond donors (Lipinski definition) is 2. The molecule has 0 fully saturated rings. The monoisotopic (exact) mass is 273 g/mol. The molecule has 0 aliphatic rings. The lowest BCUT2D eigenvalue weighted by molar-refractivity contribution is 0.318. The summed E-state index contributed by atoms with van der Waals surface area (Å²) < 4.78 is 22.2. The summed E-state index contributed by atoms with van der Waals surface area (Å²) in [6.07, 6.45) is 4.00. The van der Waals surface area contributed by atoms with Crippen molar-refractivity contribution in [3.05, 3.63) is 18.1 Å². The fourth-order valence-corrected chi connectivity index (χ4v) is 1.85. The van der Waals surface area contributed by atoms with Gasteiger partial charge in [0.05, 0.1) is 5.75 Å². The molecule has 1 aromatic rings. The number of rotatable bonds is 5. The molecule has 1 aromatic heterocycles. The van der Waals surface area contributed by atoms with Gasteiger partial charge in [-0.05, 0) is 0 Å². The number of hydrogen-bond acceptors (Lipinski definition) is 7. The molecule has 0 saturated heterocycles. The zero-order valence-electron chi connectivity index (χ0n) is 10.1. The van der Waals surface area contributed by atoms with E-state index >= 15 is 0 Å². The van der Waals surface area contributed by atoms with Crippen LogP contribution in [0.15, 0.2) is 17.5 Å². The van der Waals surface area contributed by atoms with Gasteiger partial charge in [0.25, 0.3) is 0 Å². The molecule has 0 radical (unpaired) electrons. The highest BCUT2D eigenvalue weighted by atomic mass is 32.2. The maximum atomic E-state index is 11.1. The van der Waals surface area contributed by atoms with Crippen LogP contribution in [0.2, 0.25) is 0 Å². The van der Waals surface area contributed by atoms with Crippen molar-refractivity contribution in [3.63, 3.8) is 0 Å². The van der Waals surface area contributed by atoms with E-state index in [2.05, 4.69) is 15.1 Å². The van der Waals surface area contributed by atoms with Crippen molar-refractivity contribution in [1.82, 2.24) is 9.97 Å². The number of oxime groups is 1. The third-order valence-electron chi connectivity index (χ3n) is 2.19. The number of aromatic nitrogens is 2. The van der Waals surface area contributed by atoms with Gasteiger partial charge in [-0.15, -0.1) is 0 Å². The number of anilines is 1. The predicted octanol–water partition coefficient (Wildman–Crippen LogP) is -0.948. The van der Waals surface area contributed by atoms with Gasteiger partial charge in [0.1, 0.15) is 9.84 Å². The van der Waals surface area contributed by atoms with Crippen molar-refractivity contribution < 1.29 is 13.6 Å². The van der Waals surface area contributed by atoms with Crippen LogP contribution in [0, 0.1) is 0 Å². The van der Waals surface area contributed by atoms with E-state index in [1.165, 1.54) is 12.4 Å². The van der Waals surface area contributed by atoms with E-state index in [0.717, 1.165) is 6.26 Å². The Bertz CT molecular complexity index is 543. The molecule has 0 aliphatic heterocycles. The fraction of sp³-hybridized carbons (Fsp3) is 0.444. The van der Waals surface area contributed by atoms with E-state index in [4.69, 9.17) is 10.9 Å². The standard InChI is InChI=1S/C9H15N5O3S/c1-14(5-6-18(2,16)17)9-7(8(10)13-15)11-3-4-12-9/h3-4,15H,5-6H2,1-2H3,(H2,10,13). The molecule has 3 N–H and O–H groups in total. The van der Waals surface area contributed by atoms with Crippen LogP contribution in [0.4, 0.5) is 5.82 Å². The molecule has 9 heteroatoms. The number of nitrogens with two attached hydrogens (primary N) is 1. The minimum atomic E-state index is -3.07. The first-order valence-corrected chi connectivity index (χ1v) is 7.09. The normalized spacial score (nSPS) is 12.4. The average Bonchev–Trinajstić information content (AvgIpc) is 2.34. The van der Waals surface area contributed by atoms with E-state index in [1.807, 2.05) is 0 Å². The minimum Gasteiger partial charge on any atom is -0.409 e. The molecule has 0 bridgehead atoms. The number of sulfone groups is 1. The van der Waals surface area contributed by atoms with Gasteiger partial charge in [-0.25, -0.2) is 18.4 Å². The van der Waals surface area contributed by atoms with Crippen molar-refractivity contribution in [2.75, 3.05) is 30.5 Å². The maximum absolute atomic E-state index is 11.1. The first-order valence-electron chi connectivity index (χ1n) is 5.03. The van der Waals surface area contributed by atoms with Gasteiger partial charge in [0.2, 0.25) is 0 Å². The summed E-state index contributed by atoms with van der Waals surface area (Å²) in [7, 11) is -1.41. The number of nitrogens with zero attached hydrogens (tertiary/aromatic N) is 4. The second-order valence-corrected chi connectivity index (χ2v) is 6.02. The molecule has 0 atom stereocenters. The van der Waals surface area contributed by atoms with Crippen LogP contribution in [-0.2, 0) is 9.84 Å². The van der Waals surface area contributed by atoms with Crippen LogP contribution in [0.3, 0.4) is 0 Å². The van der Waals surface area contributed by atoms with Crippen LogP contribution in [0.25, 0.3) is 0 Å². The Kier molecular flexibility index (Phi) is 4.43. The Hall–Kier alpha value is -1.90. The summed E-state index contributed by atoms with van der Waals surface area (Å²) >= 11 is 0. The highest BCUT2D eigenvalue weighted by Crippen LogP contribution is 2.12. The lowest BCUT2D eigenvalue weighted by Gasteiger charge is -2.19. The van der Waals surface area contributed by atoms with E-state index < -0.39 is 9.84 Å². The summed E-state index contributed by atoms with van der Waals surface area (Å²) in [5, 5.41) is 11.5. The van der Waals surface area contributed by atoms with Gasteiger partial charge in [-0.1, -0.05) is 5.16 Å². The molecule has 1 rings (SSSR count). The van der Waals surface area contributed by atoms with Gasteiger partial charge >= 0.3 is 0 Å². The lowest BCUT2D eigenvalue weighted by Crippen LogP contribution is -2.29. The molecule has 18 heavy (non-hydrogen) atoms. The molecule has 0 aromatic carbocycles. The Morgan fingerprint density at radius 1 is 1.50 bits per heavy atom. The average molecular weight is 273 g/mol. The van der Waals surface area contributed by atoms with Crippen LogP contribution in [-0.4, -0.2) is 55.0 Å². The summed E-state index contributed by atoms with van der Waals surface area (Å²) in [6, 6.07) is 0. The van der Waals surface area contributed by atoms with Gasteiger partial charge < -0.3 is 15.8 Å². The first-order chi connectivity index (χ1) is 8.35. The van der Waals surface area contributed by atoms with Crippen molar-refractivity contribution in [1.29, 1.82) is 0 Å². The van der Waals surface area contributed by atoms with E-state index in [9.17, 15) is 8.42 Å². The van der Waals surface area contributed by atoms with E-state index in [1.54, 1.807) is 11.9 Å². The third-order valence-corrected chi connectivity index (χ3v) is 3.11. The summed E-state index contributed by atoms with van der Waals surface area (Å²) in [5.74, 6) is 0.163. The van der Waals surface area contributed by atoms with E-state index in [0.29, 0.717) is 5.82 Å². The molecule has 0 amide bonds. The number of amidine groups is 1. The van der Waals surface area contributed by atoms with Gasteiger partial charge in [0, 0.05) is 32.2 Å². The van der Waals surface area contributed by atoms with Crippen LogP contribution >= 0.6 is 0 Å². The highest BCUT2D eigenvalue weighted by molar-refractivity contribution is 7.90. The topological polar surface area (TPSA) is 122 Å². The quantitative estimate of drug-likeness (QED) is 0.307. The van der Waals surface area contributed by atoms with Crippen molar-refractivity contribution in [3.8, 4) is 0 Å². The van der Waals surface area contributed by atoms with Crippen molar-refractivity contribution >= 4 is 21.5 Å². The molecule has 1 heterocycles. The van der Waals surface area contributed by atoms with Crippen molar-refractivity contribution in [2.24, 2.45) is 10.9 Å². The maximum Gasteiger partial charge on any atom is 0.192 e. The smallest absolute Gasteiger partial charge is 0.192 e. The lowest BCUT2D eigenvalue weighted by atomic mass is 10.3. The Labute approximate surface area is 105 Å². The Morgan fingerprint density at radius 2 is 2.11 bits per heavy atom. The van der Waals surface area contributed by atoms with Crippen LogP contribution < -0.4 is 10.6 Å². The Morgan fingerprint density at radius 3 is 2.67 bits per heavy atom. The molecule has 8 nitrogen and oxygen atoms in total. The molecule has 0 unspecified atom stereocenters. The fourth-order valence-electron chi connectivity index (χ4n) is 1.25. The summed E-state index contributed by atoms with van der Waals surface area (Å²) in [5.41, 5.74) is 5.67. The van der Waals surface area contributed by atoms with Crippen LogP contribution in [0.1, 0.15) is 5.69 Å². The van der Waals surface area contributed by atoms with Crippen molar-refractivity contribution in [2.45, 2.75) is 0 Å². The SMILES string of the molecule is CN(CCS(C)(=O)=O)c1nccnc1C(N)=NO. The second-order valence-electron chi connectivity index (χ2n) is 3.77. The minimum absolute atomic E-state index is 0.0182.